The molecule has 0 N–H and O–H groups in total. The van der Waals surface area contributed by atoms with Crippen LogP contribution in [0.15, 0.2) is 103 Å². The Morgan fingerprint density at radius 3 is 1.84 bits per heavy atom. The van der Waals surface area contributed by atoms with Crippen LogP contribution in [-0.2, 0) is 19.2 Å². The maximum Gasteiger partial charge on any atom is 0.316 e. The molecule has 4 aromatic carbocycles. The first-order chi connectivity index (χ1) is 21.4. The second-order valence-electron chi connectivity index (χ2n) is 12.2. The van der Waals surface area contributed by atoms with Crippen molar-refractivity contribution in [2.45, 2.75) is 31.2 Å². The molecule has 9 rings (SSSR count). The third kappa shape index (κ3) is 3.88. The lowest BCUT2D eigenvalue weighted by molar-refractivity contribution is -0.139. The summed E-state index contributed by atoms with van der Waals surface area (Å²) in [5.74, 6) is -2.80. The van der Waals surface area contributed by atoms with Gasteiger partial charge in [-0.15, -0.1) is 0 Å². The van der Waals surface area contributed by atoms with Gasteiger partial charge in [0, 0.05) is 30.9 Å². The summed E-state index contributed by atoms with van der Waals surface area (Å²) in [7, 11) is 0. The van der Waals surface area contributed by atoms with Crippen LogP contribution >= 0.6 is 0 Å². The Hall–Kier alpha value is -5.04. The van der Waals surface area contributed by atoms with Gasteiger partial charge >= 0.3 is 5.97 Å². The van der Waals surface area contributed by atoms with Crippen molar-refractivity contribution in [1.82, 2.24) is 4.90 Å². The molecule has 5 aliphatic rings. The van der Waals surface area contributed by atoms with Crippen molar-refractivity contribution in [1.29, 1.82) is 0 Å². The minimum atomic E-state index is -0.608. The summed E-state index contributed by atoms with van der Waals surface area (Å²) in [5, 5.41) is 0. The molecule has 2 aliphatic heterocycles. The zero-order valence-corrected chi connectivity index (χ0v) is 24.1. The van der Waals surface area contributed by atoms with Crippen molar-refractivity contribution in [2.75, 3.05) is 11.4 Å². The zero-order valence-electron chi connectivity index (χ0n) is 24.1. The van der Waals surface area contributed by atoms with Gasteiger partial charge in [-0.3, -0.25) is 19.2 Å². The lowest BCUT2D eigenvalue weighted by Gasteiger charge is -2.45. The number of hydrogen-bond donors (Lipinski definition) is 0. The van der Waals surface area contributed by atoms with Gasteiger partial charge in [0.15, 0.2) is 0 Å². The van der Waals surface area contributed by atoms with Crippen LogP contribution in [0.3, 0.4) is 0 Å². The topological polar surface area (TPSA) is 84.0 Å². The SMILES string of the molecule is C[C@H](c1ccccc1)N1C[C@H](C(=O)Oc2cccc(N3C(=O)[C@@H]4C5c6ccccc6C(c6ccccc65)[C@H]4C3=O)c2)CC1=O. The smallest absolute Gasteiger partial charge is 0.316 e. The predicted molar refractivity (Wildman–Crippen MR) is 163 cm³/mol. The van der Waals surface area contributed by atoms with Gasteiger partial charge in [0.05, 0.1) is 29.5 Å². The molecule has 44 heavy (non-hydrogen) atoms. The molecule has 0 unspecified atom stereocenters. The second-order valence-corrected chi connectivity index (χ2v) is 12.2. The largest absolute Gasteiger partial charge is 0.426 e. The Bertz CT molecular complexity index is 1740. The van der Waals surface area contributed by atoms with Gasteiger partial charge < -0.3 is 9.64 Å². The van der Waals surface area contributed by atoms with E-state index in [2.05, 4.69) is 24.3 Å². The number of rotatable bonds is 5. The van der Waals surface area contributed by atoms with E-state index in [1.807, 2.05) is 61.5 Å². The standard InChI is InChI=1S/C37H30N2O5/c1-21(22-10-3-2-4-11-22)38-20-23(18-30(38)40)37(43)44-25-13-9-12-24(19-25)39-35(41)33-31-26-14-5-6-15-27(26)32(34(33)36(39)42)29-17-8-7-16-28(29)31/h2-17,19,21,23,31-34H,18,20H2,1H3/t21-,23-,31?,32?,33-,34-/m1/s1. The number of carbonyl (C=O) groups is 4. The Morgan fingerprint density at radius 1 is 0.727 bits per heavy atom. The number of nitrogens with zero attached hydrogens (tertiary/aromatic N) is 2. The Balaban J connectivity index is 1.04. The van der Waals surface area contributed by atoms with Crippen molar-refractivity contribution in [3.8, 4) is 5.75 Å². The minimum absolute atomic E-state index is 0.0754. The number of imide groups is 1. The van der Waals surface area contributed by atoms with Gasteiger partial charge in [0.2, 0.25) is 17.7 Å². The molecule has 4 atom stereocenters. The Morgan fingerprint density at radius 2 is 1.27 bits per heavy atom. The molecular formula is C37H30N2O5. The molecule has 218 valence electrons. The van der Waals surface area contributed by atoms with Crippen LogP contribution < -0.4 is 9.64 Å². The van der Waals surface area contributed by atoms with E-state index in [0.29, 0.717) is 5.69 Å². The average molecular weight is 583 g/mol. The highest BCUT2D eigenvalue weighted by Gasteiger charge is 2.61. The lowest BCUT2D eigenvalue weighted by atomic mass is 9.55. The van der Waals surface area contributed by atoms with E-state index in [9.17, 15) is 19.2 Å². The first kappa shape index (κ1) is 26.6. The number of amides is 3. The molecule has 2 saturated heterocycles. The van der Waals surface area contributed by atoms with Crippen LogP contribution in [0, 0.1) is 17.8 Å². The van der Waals surface area contributed by atoms with E-state index in [1.54, 1.807) is 29.2 Å². The summed E-state index contributed by atoms with van der Waals surface area (Å²) < 4.78 is 5.76. The van der Waals surface area contributed by atoms with Crippen molar-refractivity contribution in [2.24, 2.45) is 17.8 Å². The number of hydrogen-bond acceptors (Lipinski definition) is 5. The Kier molecular flexibility index (Phi) is 6.05. The highest BCUT2D eigenvalue weighted by molar-refractivity contribution is 6.23. The highest BCUT2D eigenvalue weighted by atomic mass is 16.5. The van der Waals surface area contributed by atoms with E-state index >= 15 is 0 Å². The van der Waals surface area contributed by atoms with Gasteiger partial charge in [-0.1, -0.05) is 84.9 Å². The van der Waals surface area contributed by atoms with Crippen LogP contribution in [0.25, 0.3) is 0 Å². The van der Waals surface area contributed by atoms with E-state index in [1.165, 1.54) is 4.90 Å². The lowest BCUT2D eigenvalue weighted by Crippen LogP contribution is -2.41. The van der Waals surface area contributed by atoms with E-state index in [-0.39, 0.29) is 54.3 Å². The fraction of sp³-hybridized carbons (Fsp3) is 0.243. The third-order valence-corrected chi connectivity index (χ3v) is 9.98. The van der Waals surface area contributed by atoms with Crippen LogP contribution in [-0.4, -0.2) is 35.1 Å². The van der Waals surface area contributed by atoms with E-state index in [4.69, 9.17) is 4.74 Å². The van der Waals surface area contributed by atoms with Crippen molar-refractivity contribution in [3.05, 3.63) is 131 Å². The van der Waals surface area contributed by atoms with Crippen molar-refractivity contribution in [3.63, 3.8) is 0 Å². The molecule has 2 bridgehead atoms. The minimum Gasteiger partial charge on any atom is -0.426 e. The van der Waals surface area contributed by atoms with E-state index in [0.717, 1.165) is 27.8 Å². The molecule has 7 heteroatoms. The van der Waals surface area contributed by atoms with Gasteiger partial charge in [0.1, 0.15) is 5.75 Å². The number of likely N-dealkylation sites (tertiary alicyclic amines) is 1. The van der Waals surface area contributed by atoms with Crippen molar-refractivity contribution < 1.29 is 23.9 Å². The van der Waals surface area contributed by atoms with Gasteiger partial charge in [-0.05, 0) is 46.9 Å². The maximum atomic E-state index is 14.1. The molecule has 0 spiro atoms. The Labute approximate surface area is 255 Å². The van der Waals surface area contributed by atoms with Crippen LogP contribution in [0.5, 0.6) is 5.75 Å². The normalized spacial score (nSPS) is 25.5. The molecule has 0 aromatic heterocycles. The maximum absolute atomic E-state index is 14.1. The molecule has 4 aromatic rings. The summed E-state index contributed by atoms with van der Waals surface area (Å²) in [6.45, 7) is 2.22. The fourth-order valence-corrected chi connectivity index (χ4v) is 7.99. The first-order valence-corrected chi connectivity index (χ1v) is 15.1. The van der Waals surface area contributed by atoms with Crippen LogP contribution in [0.2, 0.25) is 0 Å². The monoisotopic (exact) mass is 582 g/mol. The number of esters is 1. The molecule has 3 amide bonds. The van der Waals surface area contributed by atoms with Gasteiger partial charge in [0.25, 0.3) is 0 Å². The summed E-state index contributed by atoms with van der Waals surface area (Å²) in [5.41, 5.74) is 5.85. The summed E-state index contributed by atoms with van der Waals surface area (Å²) in [6, 6.07) is 32.4. The third-order valence-electron chi connectivity index (χ3n) is 9.98. The molecule has 3 aliphatic carbocycles. The molecule has 0 saturated carbocycles. The molecule has 0 radical (unpaired) electrons. The van der Waals surface area contributed by atoms with E-state index < -0.39 is 23.7 Å². The average Bonchev–Trinajstić information content (AvgIpc) is 3.58. The predicted octanol–water partition coefficient (Wildman–Crippen LogP) is 5.60. The number of anilines is 1. The first-order valence-electron chi connectivity index (χ1n) is 15.1. The van der Waals surface area contributed by atoms with Crippen molar-refractivity contribution >= 4 is 29.4 Å². The number of benzene rings is 4. The summed E-state index contributed by atoms with van der Waals surface area (Å²) >= 11 is 0. The molecule has 7 nitrogen and oxygen atoms in total. The quantitative estimate of drug-likeness (QED) is 0.174. The summed E-state index contributed by atoms with van der Waals surface area (Å²) in [4.78, 5) is 57.3. The van der Waals surface area contributed by atoms with Gasteiger partial charge in [-0.25, -0.2) is 4.90 Å². The van der Waals surface area contributed by atoms with Crippen LogP contribution in [0.4, 0.5) is 5.69 Å². The zero-order chi connectivity index (χ0) is 30.1. The van der Waals surface area contributed by atoms with Crippen LogP contribution in [0.1, 0.15) is 59.0 Å². The molecular weight excluding hydrogens is 552 g/mol. The van der Waals surface area contributed by atoms with Gasteiger partial charge in [-0.2, -0.15) is 0 Å². The number of ether oxygens (including phenoxy) is 1. The second kappa shape index (κ2) is 10.0. The highest BCUT2D eigenvalue weighted by Crippen LogP contribution is 2.61. The molecule has 2 heterocycles. The fourth-order valence-electron chi connectivity index (χ4n) is 7.99. The molecule has 2 fully saturated rings. The number of carbonyl (C=O) groups excluding carboxylic acids is 4. The summed E-state index contributed by atoms with van der Waals surface area (Å²) in [6.07, 6.45) is 0.0754.